The molecular weight excluding hydrogens is 631 g/mol. The van der Waals surface area contributed by atoms with E-state index in [2.05, 4.69) is 199 Å². The van der Waals surface area contributed by atoms with Crippen LogP contribution in [0, 0.1) is 0 Å². The van der Waals surface area contributed by atoms with Gasteiger partial charge in [0.2, 0.25) is 0 Å². The minimum absolute atomic E-state index is 0.0981. The zero-order valence-electron chi connectivity index (χ0n) is 28.5. The van der Waals surface area contributed by atoms with Gasteiger partial charge in [-0.25, -0.2) is 4.98 Å². The number of pyridine rings is 1. The molecule has 7 aromatic carbocycles. The van der Waals surface area contributed by atoms with Gasteiger partial charge in [0.1, 0.15) is 0 Å². The van der Waals surface area contributed by atoms with Gasteiger partial charge in [-0.15, -0.1) is 0 Å². The Hall–Kier alpha value is -6.71. The molecule has 2 unspecified atom stereocenters. The molecule has 2 atom stereocenters. The summed E-state index contributed by atoms with van der Waals surface area (Å²) >= 11 is 0. The van der Waals surface area contributed by atoms with Gasteiger partial charge in [-0.05, 0) is 74.0 Å². The Kier molecular flexibility index (Phi) is 7.28. The Morgan fingerprint density at radius 2 is 1.13 bits per heavy atom. The van der Waals surface area contributed by atoms with Crippen molar-refractivity contribution in [3.63, 3.8) is 0 Å². The predicted octanol–water partition coefficient (Wildman–Crippen LogP) is 12.5. The van der Waals surface area contributed by atoms with Crippen LogP contribution in [0.1, 0.15) is 39.9 Å². The number of hydrogen-bond acceptors (Lipinski definition) is 3. The van der Waals surface area contributed by atoms with Crippen LogP contribution in [-0.4, -0.2) is 4.98 Å². The zero-order chi connectivity index (χ0) is 34.4. The van der Waals surface area contributed by atoms with Crippen LogP contribution in [-0.2, 0) is 0 Å². The van der Waals surface area contributed by atoms with E-state index in [1.165, 1.54) is 49.7 Å². The van der Waals surface area contributed by atoms with Crippen molar-refractivity contribution < 1.29 is 0 Å². The number of aromatic nitrogens is 1. The van der Waals surface area contributed by atoms with Gasteiger partial charge in [0.05, 0.1) is 29.0 Å². The molecule has 0 bridgehead atoms. The molecular formula is C49H35N3. The maximum absolute atomic E-state index is 5.22. The first kappa shape index (κ1) is 30.1. The number of rotatable bonds is 5. The summed E-state index contributed by atoms with van der Waals surface area (Å²) in [5.74, 6) is 0. The Balaban J connectivity index is 0.978. The van der Waals surface area contributed by atoms with Crippen molar-refractivity contribution in [3.05, 3.63) is 210 Å². The SMILES string of the molecule is C1=CC(c2ccccc2)Nc2c1ccc1ccc(-c3ccc(-c4ccc5c6c(ccc5c4)NC(c4ccccc4)C=C6c4ccccc4)cc3)nc21. The van der Waals surface area contributed by atoms with Crippen molar-refractivity contribution in [1.29, 1.82) is 0 Å². The van der Waals surface area contributed by atoms with Crippen molar-refractivity contribution in [3.8, 4) is 22.4 Å². The Bertz CT molecular complexity index is 2660. The third-order valence-corrected chi connectivity index (χ3v) is 10.5. The number of fused-ring (bicyclic) bond motifs is 6. The molecule has 0 aliphatic carbocycles. The van der Waals surface area contributed by atoms with E-state index in [0.29, 0.717) is 0 Å². The van der Waals surface area contributed by atoms with Gasteiger partial charge in [0.25, 0.3) is 0 Å². The van der Waals surface area contributed by atoms with Gasteiger partial charge in [-0.3, -0.25) is 0 Å². The highest BCUT2D eigenvalue weighted by atomic mass is 14.9. The summed E-state index contributed by atoms with van der Waals surface area (Å²) < 4.78 is 0. The number of hydrogen-bond donors (Lipinski definition) is 2. The van der Waals surface area contributed by atoms with E-state index in [4.69, 9.17) is 4.98 Å². The number of nitrogens with zero attached hydrogens (tertiary/aromatic N) is 1. The molecule has 8 aromatic rings. The van der Waals surface area contributed by atoms with Crippen LogP contribution in [0.15, 0.2) is 182 Å². The van der Waals surface area contributed by atoms with Gasteiger partial charge < -0.3 is 10.6 Å². The van der Waals surface area contributed by atoms with Crippen molar-refractivity contribution in [2.45, 2.75) is 12.1 Å². The Morgan fingerprint density at radius 3 is 1.90 bits per heavy atom. The van der Waals surface area contributed by atoms with Crippen LogP contribution < -0.4 is 10.6 Å². The molecule has 3 nitrogen and oxygen atoms in total. The molecule has 2 N–H and O–H groups in total. The number of benzene rings is 7. The minimum Gasteiger partial charge on any atom is -0.374 e. The maximum Gasteiger partial charge on any atom is 0.0947 e. The summed E-state index contributed by atoms with van der Waals surface area (Å²) in [5.41, 5.74) is 15.1. The predicted molar refractivity (Wildman–Crippen MR) is 218 cm³/mol. The fourth-order valence-electron chi connectivity index (χ4n) is 7.82. The molecule has 0 fully saturated rings. The highest BCUT2D eigenvalue weighted by Gasteiger charge is 2.23. The van der Waals surface area contributed by atoms with Gasteiger partial charge >= 0.3 is 0 Å². The lowest BCUT2D eigenvalue weighted by molar-refractivity contribution is 0.974. The quantitative estimate of drug-likeness (QED) is 0.192. The van der Waals surface area contributed by atoms with E-state index >= 15 is 0 Å². The molecule has 3 heteroatoms. The monoisotopic (exact) mass is 665 g/mol. The van der Waals surface area contributed by atoms with Gasteiger partial charge in [-0.1, -0.05) is 164 Å². The first-order valence-electron chi connectivity index (χ1n) is 18.0. The first-order chi connectivity index (χ1) is 25.7. The molecule has 2 aliphatic heterocycles. The summed E-state index contributed by atoms with van der Waals surface area (Å²) in [6, 6.07) is 61.0. The normalized spacial score (nSPS) is 16.0. The molecule has 0 saturated heterocycles. The Morgan fingerprint density at radius 1 is 0.481 bits per heavy atom. The lowest BCUT2D eigenvalue weighted by atomic mass is 9.85. The molecule has 10 rings (SSSR count). The summed E-state index contributed by atoms with van der Waals surface area (Å²) in [6.07, 6.45) is 6.82. The van der Waals surface area contributed by atoms with Crippen molar-refractivity contribution in [2.75, 3.05) is 10.6 Å². The largest absolute Gasteiger partial charge is 0.374 e. The average molecular weight is 666 g/mol. The summed E-state index contributed by atoms with van der Waals surface area (Å²) in [5, 5.41) is 11.2. The second-order valence-electron chi connectivity index (χ2n) is 13.7. The van der Waals surface area contributed by atoms with Gasteiger partial charge in [0.15, 0.2) is 0 Å². The second kappa shape index (κ2) is 12.6. The van der Waals surface area contributed by atoms with Crippen molar-refractivity contribution in [2.24, 2.45) is 0 Å². The van der Waals surface area contributed by atoms with E-state index in [0.717, 1.165) is 39.1 Å². The number of nitrogens with one attached hydrogen (secondary N) is 2. The molecule has 0 saturated carbocycles. The second-order valence-corrected chi connectivity index (χ2v) is 13.7. The van der Waals surface area contributed by atoms with E-state index in [1.807, 2.05) is 0 Å². The number of anilines is 2. The Labute approximate surface area is 303 Å². The fraction of sp³-hybridized carbons (Fsp3) is 0.0408. The van der Waals surface area contributed by atoms with Crippen LogP contribution in [0.4, 0.5) is 11.4 Å². The van der Waals surface area contributed by atoms with Crippen molar-refractivity contribution in [1.82, 2.24) is 4.98 Å². The molecule has 2 aliphatic rings. The molecule has 1 aromatic heterocycles. The standard InChI is InChI=1S/C49H35N3/c1-4-10-33(11-5-1)42-31-46(35-14-8-3-9-15-35)50-45-29-25-40-30-39(22-26-41(40)47(42)45)32-16-18-36(19-17-32)44-28-24-38-21-20-37-23-27-43(34-12-6-2-7-13-34)51-48(37)49(38)52-44/h1-31,43,46,50-51H. The molecule has 246 valence electrons. The first-order valence-corrected chi connectivity index (χ1v) is 18.0. The van der Waals surface area contributed by atoms with E-state index in [-0.39, 0.29) is 12.1 Å². The van der Waals surface area contributed by atoms with Crippen LogP contribution in [0.2, 0.25) is 0 Å². The van der Waals surface area contributed by atoms with E-state index in [1.54, 1.807) is 0 Å². The van der Waals surface area contributed by atoms with Crippen LogP contribution in [0.3, 0.4) is 0 Å². The molecule has 0 spiro atoms. The third-order valence-electron chi connectivity index (χ3n) is 10.5. The fourth-order valence-corrected chi connectivity index (χ4v) is 7.82. The zero-order valence-corrected chi connectivity index (χ0v) is 28.5. The average Bonchev–Trinajstić information content (AvgIpc) is 3.23. The highest BCUT2D eigenvalue weighted by Crippen LogP contribution is 2.43. The maximum atomic E-state index is 5.22. The smallest absolute Gasteiger partial charge is 0.0947 e. The molecule has 0 amide bonds. The topological polar surface area (TPSA) is 37.0 Å². The van der Waals surface area contributed by atoms with Crippen LogP contribution in [0.5, 0.6) is 0 Å². The van der Waals surface area contributed by atoms with Crippen LogP contribution >= 0.6 is 0 Å². The molecule has 52 heavy (non-hydrogen) atoms. The summed E-state index contributed by atoms with van der Waals surface area (Å²) in [4.78, 5) is 5.22. The molecule has 3 heterocycles. The van der Waals surface area contributed by atoms with Crippen LogP contribution in [0.25, 0.3) is 55.7 Å². The molecule has 0 radical (unpaired) electrons. The van der Waals surface area contributed by atoms with Crippen molar-refractivity contribution >= 4 is 44.7 Å². The minimum atomic E-state index is 0.0981. The summed E-state index contributed by atoms with van der Waals surface area (Å²) in [6.45, 7) is 0. The lowest BCUT2D eigenvalue weighted by Gasteiger charge is -2.28. The van der Waals surface area contributed by atoms with Gasteiger partial charge in [-0.2, -0.15) is 0 Å². The highest BCUT2D eigenvalue weighted by molar-refractivity contribution is 6.05. The lowest BCUT2D eigenvalue weighted by Crippen LogP contribution is -2.15. The van der Waals surface area contributed by atoms with E-state index in [9.17, 15) is 0 Å². The van der Waals surface area contributed by atoms with Gasteiger partial charge in [0, 0.05) is 22.2 Å². The third kappa shape index (κ3) is 5.35. The van der Waals surface area contributed by atoms with E-state index < -0.39 is 0 Å². The summed E-state index contributed by atoms with van der Waals surface area (Å²) in [7, 11) is 0.